The minimum Gasteiger partial charge on any atom is -0.391 e. The van der Waals surface area contributed by atoms with Gasteiger partial charge in [0.2, 0.25) is 0 Å². The number of hydrogen-bond acceptors (Lipinski definition) is 5. The highest BCUT2D eigenvalue weighted by atomic mass is 16.6. The molecule has 1 saturated heterocycles. The first-order valence-electron chi connectivity index (χ1n) is 11.5. The highest BCUT2D eigenvalue weighted by molar-refractivity contribution is 5.87. The fourth-order valence-electron chi connectivity index (χ4n) is 7.77. The third-order valence-corrected chi connectivity index (χ3v) is 9.69. The molecule has 0 bridgehead atoms. The van der Waals surface area contributed by atoms with Gasteiger partial charge in [0.05, 0.1) is 11.3 Å². The molecule has 5 rings (SSSR count). The van der Waals surface area contributed by atoms with Crippen LogP contribution in [0.25, 0.3) is 0 Å². The monoisotopic (exact) mass is 388 g/mol. The van der Waals surface area contributed by atoms with E-state index in [0.717, 1.165) is 76.6 Å². The maximum absolute atomic E-state index is 12.6. The molecule has 0 amide bonds. The normalized spacial score (nSPS) is 52.2. The van der Waals surface area contributed by atoms with Gasteiger partial charge in [-0.3, -0.25) is 4.79 Å². The van der Waals surface area contributed by atoms with Gasteiger partial charge in [-0.1, -0.05) is 19.0 Å². The molecule has 1 aliphatic heterocycles. The van der Waals surface area contributed by atoms with E-state index < -0.39 is 5.60 Å². The molecule has 1 heterocycles. The van der Waals surface area contributed by atoms with Crippen LogP contribution >= 0.6 is 0 Å². The van der Waals surface area contributed by atoms with Gasteiger partial charge in [-0.2, -0.15) is 0 Å². The summed E-state index contributed by atoms with van der Waals surface area (Å²) in [6, 6.07) is 0. The van der Waals surface area contributed by atoms with Crippen molar-refractivity contribution in [1.82, 2.24) is 5.32 Å². The number of ketones is 1. The molecule has 0 radical (unpaired) electrons. The zero-order valence-electron chi connectivity index (χ0n) is 17.5. The molecule has 5 heteroatoms. The van der Waals surface area contributed by atoms with Gasteiger partial charge in [0.1, 0.15) is 11.9 Å². The van der Waals surface area contributed by atoms with Crippen LogP contribution in [0.5, 0.6) is 0 Å². The number of aliphatic hydroxyl groups is 1. The van der Waals surface area contributed by atoms with E-state index in [-0.39, 0.29) is 16.9 Å². The fourth-order valence-corrected chi connectivity index (χ4v) is 7.77. The summed E-state index contributed by atoms with van der Waals surface area (Å²) in [5.74, 6) is 2.18. The molecule has 2 N–H and O–H groups in total. The van der Waals surface area contributed by atoms with Crippen molar-refractivity contribution in [3.8, 4) is 0 Å². The van der Waals surface area contributed by atoms with Crippen molar-refractivity contribution >= 4 is 11.5 Å². The number of Topliss-reactive ketones (excluding diaryl/α,β-unsaturated/α-hetero) is 1. The third kappa shape index (κ3) is 2.64. The predicted molar refractivity (Wildman–Crippen MR) is 108 cm³/mol. The van der Waals surface area contributed by atoms with E-state index in [1.807, 2.05) is 0 Å². The molecular formula is C23H36N2O3. The molecule has 7 atom stereocenters. The first kappa shape index (κ1) is 19.0. The maximum atomic E-state index is 12.6. The van der Waals surface area contributed by atoms with Gasteiger partial charge >= 0.3 is 0 Å². The highest BCUT2D eigenvalue weighted by Gasteiger charge is 2.64. The van der Waals surface area contributed by atoms with Gasteiger partial charge in [0, 0.05) is 36.6 Å². The van der Waals surface area contributed by atoms with Crippen molar-refractivity contribution in [3.63, 3.8) is 0 Å². The Kier molecular flexibility index (Phi) is 4.44. The van der Waals surface area contributed by atoms with E-state index in [1.54, 1.807) is 0 Å². The molecule has 5 aliphatic rings. The van der Waals surface area contributed by atoms with Crippen LogP contribution in [-0.2, 0) is 9.63 Å². The second-order valence-corrected chi connectivity index (χ2v) is 10.8. The lowest BCUT2D eigenvalue weighted by Gasteiger charge is -2.62. The van der Waals surface area contributed by atoms with Gasteiger partial charge < -0.3 is 15.3 Å². The molecule has 0 aromatic rings. The van der Waals surface area contributed by atoms with Crippen LogP contribution in [0.3, 0.4) is 0 Å². The largest absolute Gasteiger partial charge is 0.391 e. The van der Waals surface area contributed by atoms with Crippen LogP contribution < -0.4 is 5.32 Å². The number of carbonyl (C=O) groups is 1. The summed E-state index contributed by atoms with van der Waals surface area (Å²) in [4.78, 5) is 18.3. The minimum absolute atomic E-state index is 0.0587. The second kappa shape index (κ2) is 6.53. The molecule has 0 spiro atoms. The average Bonchev–Trinajstić information content (AvgIpc) is 3.29. The quantitative estimate of drug-likeness (QED) is 0.711. The number of hydrogen-bond donors (Lipinski definition) is 2. The molecule has 5 nitrogen and oxygen atoms in total. The molecule has 4 saturated carbocycles. The average molecular weight is 389 g/mol. The van der Waals surface area contributed by atoms with Crippen molar-refractivity contribution in [3.05, 3.63) is 0 Å². The Balaban J connectivity index is 1.35. The predicted octanol–water partition coefficient (Wildman–Crippen LogP) is 3.45. The van der Waals surface area contributed by atoms with Crippen molar-refractivity contribution in [2.24, 2.45) is 33.7 Å². The Morgan fingerprint density at radius 1 is 1.07 bits per heavy atom. The molecule has 5 fully saturated rings. The Morgan fingerprint density at radius 2 is 1.93 bits per heavy atom. The van der Waals surface area contributed by atoms with Crippen LogP contribution in [-0.4, -0.2) is 41.4 Å². The molecule has 156 valence electrons. The van der Waals surface area contributed by atoms with Crippen molar-refractivity contribution in [1.29, 1.82) is 0 Å². The fraction of sp³-hybridized carbons (Fsp3) is 0.913. The number of nitrogens with zero attached hydrogens (tertiary/aromatic N) is 1. The van der Waals surface area contributed by atoms with Crippen LogP contribution in [0.4, 0.5) is 0 Å². The molecule has 2 unspecified atom stereocenters. The second-order valence-electron chi connectivity index (χ2n) is 10.8. The third-order valence-electron chi connectivity index (χ3n) is 9.69. The van der Waals surface area contributed by atoms with Crippen molar-refractivity contribution < 1.29 is 14.7 Å². The first-order valence-corrected chi connectivity index (χ1v) is 11.5. The molecule has 4 aliphatic carbocycles. The highest BCUT2D eigenvalue weighted by Crippen LogP contribution is 2.66. The van der Waals surface area contributed by atoms with E-state index in [4.69, 9.17) is 4.84 Å². The smallest absolute Gasteiger partial charge is 0.141 e. The van der Waals surface area contributed by atoms with Crippen molar-refractivity contribution in [2.75, 3.05) is 13.1 Å². The lowest BCUT2D eigenvalue weighted by molar-refractivity contribution is -0.188. The lowest BCUT2D eigenvalue weighted by atomic mass is 9.43. The summed E-state index contributed by atoms with van der Waals surface area (Å²) in [6.45, 7) is 6.44. The standard InChI is InChI=1S/C23H36N2O3/c1-21-9-7-19-17(18(21)3-4-20(21)26)6-11-23(27)13-15(5-10-22(19,23)2)25-28-16-8-12-24-14-16/h16-19,24,27H,3-14H2,1-2H3/t16?,17-,18-,19+,21-,22+,23?/m0/s1. The van der Waals surface area contributed by atoms with E-state index >= 15 is 0 Å². The number of nitrogens with one attached hydrogen (secondary N) is 1. The number of fused-ring (bicyclic) bond motifs is 5. The number of rotatable bonds is 2. The summed E-state index contributed by atoms with van der Waals surface area (Å²) in [5, 5.41) is 19.6. The topological polar surface area (TPSA) is 70.9 Å². The van der Waals surface area contributed by atoms with Gasteiger partial charge in [-0.05, 0) is 69.2 Å². The van der Waals surface area contributed by atoms with Gasteiger partial charge in [0.25, 0.3) is 0 Å². The van der Waals surface area contributed by atoms with Crippen LogP contribution in [0, 0.1) is 28.6 Å². The summed E-state index contributed by atoms with van der Waals surface area (Å²) >= 11 is 0. The lowest BCUT2D eigenvalue weighted by Crippen LogP contribution is -2.62. The Labute approximate surface area is 168 Å². The van der Waals surface area contributed by atoms with Gasteiger partial charge in [0.15, 0.2) is 0 Å². The zero-order chi connectivity index (χ0) is 19.6. The summed E-state index contributed by atoms with van der Waals surface area (Å²) in [6.07, 6.45) is 9.64. The maximum Gasteiger partial charge on any atom is 0.141 e. The molecule has 0 aromatic heterocycles. The van der Waals surface area contributed by atoms with Gasteiger partial charge in [-0.25, -0.2) is 0 Å². The summed E-state index contributed by atoms with van der Waals surface area (Å²) < 4.78 is 0. The Morgan fingerprint density at radius 3 is 2.71 bits per heavy atom. The van der Waals surface area contributed by atoms with Crippen LogP contribution in [0.1, 0.15) is 78.1 Å². The number of carbonyl (C=O) groups excluding carboxylic acids is 1. The summed E-state index contributed by atoms with van der Waals surface area (Å²) in [5.41, 5.74) is 0.231. The summed E-state index contributed by atoms with van der Waals surface area (Å²) in [7, 11) is 0. The first-order chi connectivity index (χ1) is 13.4. The molecular weight excluding hydrogens is 352 g/mol. The van der Waals surface area contributed by atoms with E-state index in [2.05, 4.69) is 24.3 Å². The van der Waals surface area contributed by atoms with Crippen LogP contribution in [0.15, 0.2) is 5.16 Å². The SMILES string of the molecule is C[C@]12CC[C@@H]3[C@@H](CCC4(O)CC(=NOC5CCNC5)CC[C@]34C)[C@@H]1CCC2=O. The van der Waals surface area contributed by atoms with Crippen molar-refractivity contribution in [2.45, 2.75) is 89.8 Å². The van der Waals surface area contributed by atoms with E-state index in [1.165, 1.54) is 0 Å². The number of oxime groups is 1. The molecule has 28 heavy (non-hydrogen) atoms. The zero-order valence-corrected chi connectivity index (χ0v) is 17.5. The van der Waals surface area contributed by atoms with Gasteiger partial charge in [-0.15, -0.1) is 0 Å². The van der Waals surface area contributed by atoms with E-state index in [9.17, 15) is 9.90 Å². The molecule has 0 aromatic carbocycles. The Hall–Kier alpha value is -0.940. The minimum atomic E-state index is -0.668. The Bertz CT molecular complexity index is 687. The van der Waals surface area contributed by atoms with Crippen LogP contribution in [0.2, 0.25) is 0 Å². The van der Waals surface area contributed by atoms with E-state index in [0.29, 0.717) is 30.0 Å².